The number of carbonyl (C=O) groups is 1. The van der Waals surface area contributed by atoms with Gasteiger partial charge in [-0.05, 0) is 31.2 Å². The molecule has 0 bridgehead atoms. The number of hydrogen-bond donors (Lipinski definition) is 1. The number of nitrogens with zero attached hydrogens (tertiary/aromatic N) is 2. The molecule has 0 atom stereocenters. The molecule has 140 valence electrons. The van der Waals surface area contributed by atoms with E-state index in [4.69, 9.17) is 0 Å². The van der Waals surface area contributed by atoms with Gasteiger partial charge in [0.15, 0.2) is 6.61 Å². The molecular formula is C18H14F3N3O2S. The zero-order chi connectivity index (χ0) is 19.4. The maximum Gasteiger partial charge on any atom is 0.422 e. The van der Waals surface area contributed by atoms with Gasteiger partial charge in [-0.15, -0.1) is 11.3 Å². The number of carbonyl (C=O) groups excluding carboxylic acids is 1. The third kappa shape index (κ3) is 5.04. The lowest BCUT2D eigenvalue weighted by Gasteiger charge is -2.10. The van der Waals surface area contributed by atoms with Gasteiger partial charge < -0.3 is 10.1 Å². The van der Waals surface area contributed by atoms with Crippen LogP contribution in [0.3, 0.4) is 0 Å². The van der Waals surface area contributed by atoms with E-state index >= 15 is 0 Å². The molecule has 1 N–H and O–H groups in total. The van der Waals surface area contributed by atoms with E-state index in [9.17, 15) is 18.0 Å². The smallest absolute Gasteiger partial charge is 0.422 e. The molecule has 2 heterocycles. The quantitative estimate of drug-likeness (QED) is 0.682. The van der Waals surface area contributed by atoms with Crippen molar-refractivity contribution in [3.8, 4) is 16.5 Å². The van der Waals surface area contributed by atoms with Crippen LogP contribution in [-0.2, 0) is 0 Å². The molecule has 9 heteroatoms. The average Bonchev–Trinajstić information content (AvgIpc) is 3.02. The Labute approximate surface area is 156 Å². The third-order valence-corrected chi connectivity index (χ3v) is 4.56. The van der Waals surface area contributed by atoms with E-state index in [2.05, 4.69) is 20.0 Å². The molecule has 0 aliphatic heterocycles. The minimum absolute atomic E-state index is 0.0142. The Morgan fingerprint density at radius 2 is 2.04 bits per heavy atom. The lowest BCUT2D eigenvalue weighted by Crippen LogP contribution is -2.19. The first-order chi connectivity index (χ1) is 12.8. The predicted octanol–water partition coefficient (Wildman–Crippen LogP) is 4.71. The Bertz CT molecular complexity index is 943. The van der Waals surface area contributed by atoms with Crippen LogP contribution < -0.4 is 10.1 Å². The summed E-state index contributed by atoms with van der Waals surface area (Å²) in [6.07, 6.45) is -2.79. The van der Waals surface area contributed by atoms with Crippen LogP contribution in [0.4, 0.5) is 18.9 Å². The fraction of sp³-hybridized carbons (Fsp3) is 0.167. The number of anilines is 1. The molecule has 0 unspecified atom stereocenters. The van der Waals surface area contributed by atoms with Gasteiger partial charge in [0, 0.05) is 18.0 Å². The zero-order valence-corrected chi connectivity index (χ0v) is 14.9. The van der Waals surface area contributed by atoms with E-state index in [1.165, 1.54) is 29.5 Å². The molecule has 3 rings (SSSR count). The van der Waals surface area contributed by atoms with E-state index < -0.39 is 18.7 Å². The van der Waals surface area contributed by atoms with Crippen molar-refractivity contribution in [1.29, 1.82) is 0 Å². The highest BCUT2D eigenvalue weighted by atomic mass is 32.1. The Morgan fingerprint density at radius 3 is 2.74 bits per heavy atom. The lowest BCUT2D eigenvalue weighted by atomic mass is 10.3. The van der Waals surface area contributed by atoms with Crippen molar-refractivity contribution in [1.82, 2.24) is 9.97 Å². The van der Waals surface area contributed by atoms with Crippen molar-refractivity contribution in [2.24, 2.45) is 0 Å². The topological polar surface area (TPSA) is 64.1 Å². The number of ether oxygens (including phenoxy) is 1. The minimum atomic E-state index is -4.43. The molecule has 5 nitrogen and oxygen atoms in total. The molecule has 0 saturated heterocycles. The van der Waals surface area contributed by atoms with Crippen LogP contribution in [0.5, 0.6) is 5.75 Å². The number of aromatic nitrogens is 2. The highest BCUT2D eigenvalue weighted by Gasteiger charge is 2.28. The van der Waals surface area contributed by atoms with Crippen LogP contribution in [0.15, 0.2) is 48.7 Å². The highest BCUT2D eigenvalue weighted by molar-refractivity contribution is 7.17. The van der Waals surface area contributed by atoms with Crippen LogP contribution in [0.1, 0.15) is 15.4 Å². The van der Waals surface area contributed by atoms with Crippen LogP contribution in [0, 0.1) is 6.92 Å². The number of amides is 1. The predicted molar refractivity (Wildman–Crippen MR) is 96.0 cm³/mol. The van der Waals surface area contributed by atoms with Crippen molar-refractivity contribution < 1.29 is 22.7 Å². The van der Waals surface area contributed by atoms with Gasteiger partial charge in [-0.1, -0.05) is 12.1 Å². The van der Waals surface area contributed by atoms with Gasteiger partial charge in [0.2, 0.25) is 0 Å². The number of nitrogens with one attached hydrogen (secondary N) is 1. The fourth-order valence-corrected chi connectivity index (χ4v) is 3.16. The van der Waals surface area contributed by atoms with E-state index in [0.717, 1.165) is 0 Å². The van der Waals surface area contributed by atoms with Crippen molar-refractivity contribution >= 4 is 22.9 Å². The van der Waals surface area contributed by atoms with Crippen molar-refractivity contribution in [3.63, 3.8) is 0 Å². The molecule has 2 aromatic heterocycles. The fourth-order valence-electron chi connectivity index (χ4n) is 2.22. The van der Waals surface area contributed by atoms with Crippen molar-refractivity contribution in [3.05, 3.63) is 59.2 Å². The summed E-state index contributed by atoms with van der Waals surface area (Å²) in [4.78, 5) is 21.5. The zero-order valence-electron chi connectivity index (χ0n) is 14.1. The first-order valence-corrected chi connectivity index (χ1v) is 8.63. The summed E-state index contributed by atoms with van der Waals surface area (Å²) >= 11 is 1.19. The van der Waals surface area contributed by atoms with Crippen LogP contribution >= 0.6 is 11.3 Å². The summed E-state index contributed by atoms with van der Waals surface area (Å²) in [6.45, 7) is 0.312. The summed E-state index contributed by atoms with van der Waals surface area (Å²) in [5, 5.41) is 3.26. The molecule has 0 fully saturated rings. The molecular weight excluding hydrogens is 379 g/mol. The summed E-state index contributed by atoms with van der Waals surface area (Å²) in [5.74, 6) is -0.388. The van der Waals surface area contributed by atoms with E-state index in [-0.39, 0.29) is 5.75 Å². The monoisotopic (exact) mass is 393 g/mol. The first-order valence-electron chi connectivity index (χ1n) is 7.81. The molecule has 27 heavy (non-hydrogen) atoms. The molecule has 3 aromatic rings. The highest BCUT2D eigenvalue weighted by Crippen LogP contribution is 2.28. The average molecular weight is 393 g/mol. The molecule has 0 aliphatic carbocycles. The molecule has 0 spiro atoms. The number of thiazole rings is 1. The van der Waals surface area contributed by atoms with Crippen molar-refractivity contribution in [2.45, 2.75) is 13.1 Å². The number of aryl methyl sites for hydroxylation is 1. The Morgan fingerprint density at radius 1 is 1.22 bits per heavy atom. The Hall–Kier alpha value is -2.94. The van der Waals surface area contributed by atoms with E-state index in [0.29, 0.717) is 27.0 Å². The first kappa shape index (κ1) is 18.8. The Balaban J connectivity index is 1.73. The number of benzene rings is 1. The SMILES string of the molecule is Cc1nc(-c2ccccn2)sc1C(=O)Nc1cccc(OCC(F)(F)F)c1. The van der Waals surface area contributed by atoms with Gasteiger partial charge in [0.25, 0.3) is 5.91 Å². The van der Waals surface area contributed by atoms with Gasteiger partial charge in [0.05, 0.1) is 11.4 Å². The number of pyridine rings is 1. The van der Waals surface area contributed by atoms with Gasteiger partial charge in [-0.2, -0.15) is 13.2 Å². The van der Waals surface area contributed by atoms with Gasteiger partial charge in [-0.3, -0.25) is 9.78 Å². The normalized spacial score (nSPS) is 11.3. The third-order valence-electron chi connectivity index (χ3n) is 3.38. The number of halogens is 3. The summed E-state index contributed by atoms with van der Waals surface area (Å²) in [7, 11) is 0. The molecule has 1 aromatic carbocycles. The molecule has 0 aliphatic rings. The molecule has 0 saturated carbocycles. The van der Waals surface area contributed by atoms with Crippen LogP contribution in [-0.4, -0.2) is 28.7 Å². The van der Waals surface area contributed by atoms with E-state index in [1.807, 2.05) is 6.07 Å². The summed E-state index contributed by atoms with van der Waals surface area (Å²) in [5.41, 5.74) is 1.53. The molecule has 0 radical (unpaired) electrons. The van der Waals surface area contributed by atoms with Gasteiger partial charge in [-0.25, -0.2) is 4.98 Å². The minimum Gasteiger partial charge on any atom is -0.484 e. The maximum atomic E-state index is 12.5. The number of alkyl halides is 3. The number of hydrogen-bond acceptors (Lipinski definition) is 5. The maximum absolute atomic E-state index is 12.5. The second-order valence-corrected chi connectivity index (χ2v) is 6.53. The largest absolute Gasteiger partial charge is 0.484 e. The second kappa shape index (κ2) is 7.75. The van der Waals surface area contributed by atoms with E-state index in [1.54, 1.807) is 31.3 Å². The number of rotatable bonds is 5. The summed E-state index contributed by atoms with van der Waals surface area (Å²) in [6, 6.07) is 11.2. The Kier molecular flexibility index (Phi) is 5.41. The van der Waals surface area contributed by atoms with Gasteiger partial charge >= 0.3 is 6.18 Å². The van der Waals surface area contributed by atoms with Crippen LogP contribution in [0.2, 0.25) is 0 Å². The summed E-state index contributed by atoms with van der Waals surface area (Å²) < 4.78 is 41.5. The molecule has 1 amide bonds. The second-order valence-electron chi connectivity index (χ2n) is 5.53. The van der Waals surface area contributed by atoms with Crippen LogP contribution in [0.25, 0.3) is 10.7 Å². The van der Waals surface area contributed by atoms with Crippen molar-refractivity contribution in [2.75, 3.05) is 11.9 Å². The lowest BCUT2D eigenvalue weighted by molar-refractivity contribution is -0.153. The van der Waals surface area contributed by atoms with Gasteiger partial charge in [0.1, 0.15) is 15.6 Å². The standard InChI is InChI=1S/C18H14F3N3O2S/c1-11-15(27-17(23-11)14-7-2-3-8-22-14)16(25)24-12-5-4-6-13(9-12)26-10-18(19,20)21/h2-9H,10H2,1H3,(H,24,25).